The van der Waals surface area contributed by atoms with Gasteiger partial charge in [0.1, 0.15) is 0 Å². The predicted molar refractivity (Wildman–Crippen MR) is 207 cm³/mol. The molecule has 0 spiro atoms. The molecule has 0 amide bonds. The standard InChI is InChI=1S/C44H29NS2/c1-4-13-30(14-5-1)27-36(31-23-25-41-37(28-31)35-19-10-11-21-40(35)46-41)32-24-26-42-38(29-32)44-39(20-12-22-43(44)47-42)45(33-15-6-2-7-16-33)34-17-8-3-9-18-34/h1-29H. The van der Waals surface area contributed by atoms with Crippen LogP contribution >= 0.6 is 22.7 Å². The number of hydrogen-bond donors (Lipinski definition) is 0. The summed E-state index contributed by atoms with van der Waals surface area (Å²) in [6.45, 7) is 0. The Balaban J connectivity index is 1.28. The van der Waals surface area contributed by atoms with E-state index in [0.29, 0.717) is 0 Å². The van der Waals surface area contributed by atoms with Crippen LogP contribution in [0.15, 0.2) is 170 Å². The van der Waals surface area contributed by atoms with E-state index in [-0.39, 0.29) is 0 Å². The fourth-order valence-corrected chi connectivity index (χ4v) is 8.88. The van der Waals surface area contributed by atoms with Crippen LogP contribution in [0.4, 0.5) is 17.1 Å². The van der Waals surface area contributed by atoms with Gasteiger partial charge in [-0.3, -0.25) is 0 Å². The van der Waals surface area contributed by atoms with Crippen LogP contribution < -0.4 is 4.90 Å². The van der Waals surface area contributed by atoms with Crippen molar-refractivity contribution in [3.05, 3.63) is 187 Å². The van der Waals surface area contributed by atoms with E-state index in [0.717, 1.165) is 11.4 Å². The fourth-order valence-electron chi connectivity index (χ4n) is 6.69. The second-order valence-electron chi connectivity index (χ2n) is 11.7. The first-order valence-corrected chi connectivity index (χ1v) is 17.5. The van der Waals surface area contributed by atoms with E-state index >= 15 is 0 Å². The molecule has 0 radical (unpaired) electrons. The normalized spacial score (nSPS) is 12.0. The smallest absolute Gasteiger partial charge is 0.0554 e. The van der Waals surface area contributed by atoms with Crippen molar-refractivity contribution in [3.8, 4) is 0 Å². The molecule has 9 aromatic rings. The zero-order valence-corrected chi connectivity index (χ0v) is 27.1. The van der Waals surface area contributed by atoms with E-state index in [1.807, 2.05) is 22.7 Å². The molecule has 3 heteroatoms. The molecule has 0 aliphatic rings. The molecule has 0 atom stereocenters. The maximum Gasteiger partial charge on any atom is 0.0554 e. The summed E-state index contributed by atoms with van der Waals surface area (Å²) in [6, 6.07) is 61.5. The topological polar surface area (TPSA) is 3.24 Å². The van der Waals surface area contributed by atoms with Gasteiger partial charge in [-0.1, -0.05) is 103 Å². The van der Waals surface area contributed by atoms with Crippen LogP contribution in [0.2, 0.25) is 0 Å². The van der Waals surface area contributed by atoms with Crippen molar-refractivity contribution in [3.63, 3.8) is 0 Å². The minimum absolute atomic E-state index is 1.14. The van der Waals surface area contributed by atoms with Gasteiger partial charge in [-0.05, 0) is 95.1 Å². The van der Waals surface area contributed by atoms with Crippen LogP contribution in [0.25, 0.3) is 52.0 Å². The predicted octanol–water partition coefficient (Wildman–Crippen LogP) is 13.5. The number of rotatable bonds is 6. The number of benzene rings is 7. The second kappa shape index (κ2) is 11.7. The van der Waals surface area contributed by atoms with Crippen LogP contribution in [-0.2, 0) is 0 Å². The van der Waals surface area contributed by atoms with Crippen molar-refractivity contribution in [2.24, 2.45) is 0 Å². The Hall–Kier alpha value is -5.48. The van der Waals surface area contributed by atoms with E-state index in [1.165, 1.54) is 68.3 Å². The molecule has 0 fully saturated rings. The fraction of sp³-hybridized carbons (Fsp3) is 0. The molecule has 0 N–H and O–H groups in total. The van der Waals surface area contributed by atoms with Gasteiger partial charge in [0.25, 0.3) is 0 Å². The molecule has 2 aromatic heterocycles. The largest absolute Gasteiger partial charge is 0.310 e. The maximum absolute atomic E-state index is 2.41. The summed E-state index contributed by atoms with van der Waals surface area (Å²) in [5.41, 5.74) is 8.30. The molecule has 1 nitrogen and oxygen atoms in total. The van der Waals surface area contributed by atoms with E-state index in [1.54, 1.807) is 0 Å². The van der Waals surface area contributed by atoms with Gasteiger partial charge in [0.15, 0.2) is 0 Å². The van der Waals surface area contributed by atoms with Gasteiger partial charge < -0.3 is 4.90 Å². The van der Waals surface area contributed by atoms with Crippen molar-refractivity contribution < 1.29 is 0 Å². The highest BCUT2D eigenvalue weighted by Crippen LogP contribution is 2.46. The minimum Gasteiger partial charge on any atom is -0.310 e. The summed E-state index contributed by atoms with van der Waals surface area (Å²) >= 11 is 3.73. The molecule has 222 valence electrons. The molecular formula is C44H29NS2. The van der Waals surface area contributed by atoms with E-state index < -0.39 is 0 Å². The highest BCUT2D eigenvalue weighted by molar-refractivity contribution is 7.26. The summed E-state index contributed by atoms with van der Waals surface area (Å²) in [5, 5.41) is 5.18. The van der Waals surface area contributed by atoms with Crippen LogP contribution in [0.3, 0.4) is 0 Å². The van der Waals surface area contributed by atoms with Gasteiger partial charge in [-0.25, -0.2) is 0 Å². The summed E-state index contributed by atoms with van der Waals surface area (Å²) in [7, 11) is 0. The average Bonchev–Trinajstić information content (AvgIpc) is 3.70. The lowest BCUT2D eigenvalue weighted by Crippen LogP contribution is -2.09. The summed E-state index contributed by atoms with van der Waals surface area (Å²) in [5.74, 6) is 0. The Morgan fingerprint density at radius 1 is 0.426 bits per heavy atom. The molecule has 0 aliphatic heterocycles. The third-order valence-electron chi connectivity index (χ3n) is 8.85. The molecule has 0 aliphatic carbocycles. The van der Waals surface area contributed by atoms with Gasteiger partial charge in [-0.15, -0.1) is 22.7 Å². The quantitative estimate of drug-likeness (QED) is 0.164. The highest BCUT2D eigenvalue weighted by Gasteiger charge is 2.19. The number of para-hydroxylation sites is 2. The third kappa shape index (κ3) is 5.01. The number of fused-ring (bicyclic) bond motifs is 6. The number of nitrogens with zero attached hydrogens (tertiary/aromatic N) is 1. The molecule has 9 rings (SSSR count). The molecule has 0 bridgehead atoms. The maximum atomic E-state index is 2.41. The van der Waals surface area contributed by atoms with Crippen molar-refractivity contribution >= 4 is 91.7 Å². The van der Waals surface area contributed by atoms with Crippen LogP contribution in [0.1, 0.15) is 16.7 Å². The zero-order valence-electron chi connectivity index (χ0n) is 25.5. The van der Waals surface area contributed by atoms with Crippen molar-refractivity contribution in [1.29, 1.82) is 0 Å². The molecular weight excluding hydrogens is 607 g/mol. The Bertz CT molecular complexity index is 2520. The summed E-state index contributed by atoms with van der Waals surface area (Å²) in [6.07, 6.45) is 2.34. The lowest BCUT2D eigenvalue weighted by Gasteiger charge is -2.26. The molecule has 47 heavy (non-hydrogen) atoms. The van der Waals surface area contributed by atoms with Gasteiger partial charge in [0.2, 0.25) is 0 Å². The van der Waals surface area contributed by atoms with Gasteiger partial charge in [0.05, 0.1) is 5.69 Å². The minimum atomic E-state index is 1.14. The Labute approximate surface area is 281 Å². The third-order valence-corrected chi connectivity index (χ3v) is 11.1. The molecule has 7 aromatic carbocycles. The highest BCUT2D eigenvalue weighted by atomic mass is 32.1. The second-order valence-corrected chi connectivity index (χ2v) is 13.9. The van der Waals surface area contributed by atoms with Gasteiger partial charge >= 0.3 is 0 Å². The van der Waals surface area contributed by atoms with Crippen molar-refractivity contribution in [2.45, 2.75) is 0 Å². The SMILES string of the molecule is C(=C(c1ccc2sc3ccccc3c2c1)c1ccc2sc3cccc(N(c4ccccc4)c4ccccc4)c3c2c1)c1ccccc1. The molecule has 0 unspecified atom stereocenters. The lowest BCUT2D eigenvalue weighted by molar-refractivity contribution is 1.30. The van der Waals surface area contributed by atoms with Crippen LogP contribution in [0, 0.1) is 0 Å². The monoisotopic (exact) mass is 635 g/mol. The van der Waals surface area contributed by atoms with E-state index in [9.17, 15) is 0 Å². The van der Waals surface area contributed by atoms with Crippen molar-refractivity contribution in [2.75, 3.05) is 4.90 Å². The van der Waals surface area contributed by atoms with Gasteiger partial charge in [0, 0.05) is 51.7 Å². The van der Waals surface area contributed by atoms with E-state index in [2.05, 4.69) is 181 Å². The van der Waals surface area contributed by atoms with E-state index in [4.69, 9.17) is 0 Å². The van der Waals surface area contributed by atoms with Gasteiger partial charge in [-0.2, -0.15) is 0 Å². The van der Waals surface area contributed by atoms with Crippen LogP contribution in [-0.4, -0.2) is 0 Å². The Kier molecular flexibility index (Phi) is 6.93. The zero-order chi connectivity index (χ0) is 31.2. The summed E-state index contributed by atoms with van der Waals surface area (Å²) in [4.78, 5) is 2.39. The lowest BCUT2D eigenvalue weighted by atomic mass is 9.93. The molecule has 0 saturated heterocycles. The first-order chi connectivity index (χ1) is 23.3. The Morgan fingerprint density at radius 3 is 1.66 bits per heavy atom. The van der Waals surface area contributed by atoms with Crippen LogP contribution in [0.5, 0.6) is 0 Å². The summed E-state index contributed by atoms with van der Waals surface area (Å²) < 4.78 is 5.22. The first kappa shape index (κ1) is 27.8. The number of anilines is 3. The first-order valence-electron chi connectivity index (χ1n) is 15.8. The van der Waals surface area contributed by atoms with Crippen molar-refractivity contribution in [1.82, 2.24) is 0 Å². The molecule has 2 heterocycles. The number of thiophene rings is 2. The average molecular weight is 636 g/mol. The number of hydrogen-bond acceptors (Lipinski definition) is 3. The molecule has 0 saturated carbocycles. The Morgan fingerprint density at radius 2 is 0.957 bits per heavy atom.